The average molecular weight is 351 g/mol. The van der Waals surface area contributed by atoms with E-state index in [4.69, 9.17) is 9.15 Å². The van der Waals surface area contributed by atoms with E-state index >= 15 is 0 Å². The monoisotopic (exact) mass is 351 g/mol. The summed E-state index contributed by atoms with van der Waals surface area (Å²) in [4.78, 5) is 38.5. The second-order valence-corrected chi connectivity index (χ2v) is 5.90. The number of fused-ring (bicyclic) bond motifs is 1. The van der Waals surface area contributed by atoms with Crippen molar-refractivity contribution in [1.29, 1.82) is 0 Å². The van der Waals surface area contributed by atoms with Crippen molar-refractivity contribution < 1.29 is 18.7 Å². The van der Waals surface area contributed by atoms with E-state index < -0.39 is 18.0 Å². The highest BCUT2D eigenvalue weighted by molar-refractivity contribution is 5.92. The van der Waals surface area contributed by atoms with Crippen molar-refractivity contribution in [2.24, 2.45) is 0 Å². The first-order valence-electron chi connectivity index (χ1n) is 7.97. The summed E-state index contributed by atoms with van der Waals surface area (Å²) in [6.45, 7) is 0. The van der Waals surface area contributed by atoms with Crippen molar-refractivity contribution in [2.45, 2.75) is 6.10 Å². The number of hydrogen-bond acceptors (Lipinski definition) is 5. The molecular weight excluding hydrogens is 334 g/mol. The highest BCUT2D eigenvalue weighted by Gasteiger charge is 2.28. The molecule has 0 unspecified atom stereocenters. The summed E-state index contributed by atoms with van der Waals surface area (Å²) < 4.78 is 10.9. The van der Waals surface area contributed by atoms with Gasteiger partial charge in [0.2, 0.25) is 11.9 Å². The van der Waals surface area contributed by atoms with E-state index in [1.807, 2.05) is 0 Å². The summed E-state index contributed by atoms with van der Waals surface area (Å²) in [5.74, 6) is -1.52. The zero-order chi connectivity index (χ0) is 18.7. The maximum Gasteiger partial charge on any atom is 0.375 e. The zero-order valence-electron chi connectivity index (χ0n) is 14.3. The van der Waals surface area contributed by atoms with Crippen LogP contribution in [0.1, 0.15) is 22.2 Å². The molecule has 0 saturated carbocycles. The highest BCUT2D eigenvalue weighted by Crippen LogP contribution is 2.22. The van der Waals surface area contributed by atoms with Gasteiger partial charge in [-0.05, 0) is 12.1 Å². The lowest BCUT2D eigenvalue weighted by molar-refractivity contribution is -0.138. The fourth-order valence-electron chi connectivity index (χ4n) is 2.49. The fourth-order valence-corrected chi connectivity index (χ4v) is 2.49. The number of amides is 1. The third-order valence-corrected chi connectivity index (χ3v) is 3.83. The van der Waals surface area contributed by atoms with Crippen LogP contribution in [0, 0.1) is 0 Å². The maximum atomic E-state index is 12.5. The molecule has 0 fully saturated rings. The largest absolute Gasteiger partial charge is 0.449 e. The third-order valence-electron chi connectivity index (χ3n) is 3.83. The van der Waals surface area contributed by atoms with Crippen molar-refractivity contribution in [3.05, 3.63) is 82.2 Å². The van der Waals surface area contributed by atoms with Gasteiger partial charge in [-0.1, -0.05) is 42.5 Å². The second-order valence-electron chi connectivity index (χ2n) is 5.90. The van der Waals surface area contributed by atoms with Gasteiger partial charge >= 0.3 is 5.97 Å². The van der Waals surface area contributed by atoms with E-state index in [1.54, 1.807) is 68.7 Å². The molecule has 0 aliphatic rings. The third kappa shape index (κ3) is 3.49. The number of carbonyl (C=O) groups excluding carboxylic acids is 2. The Kier molecular flexibility index (Phi) is 4.84. The topological polar surface area (TPSA) is 76.8 Å². The van der Waals surface area contributed by atoms with E-state index in [0.29, 0.717) is 10.9 Å². The van der Waals surface area contributed by atoms with Gasteiger partial charge in [0.05, 0.1) is 5.39 Å². The van der Waals surface area contributed by atoms with Gasteiger partial charge in [0.25, 0.3) is 5.91 Å². The molecule has 132 valence electrons. The maximum absolute atomic E-state index is 12.5. The van der Waals surface area contributed by atoms with E-state index in [9.17, 15) is 14.4 Å². The fraction of sp³-hybridized carbons (Fsp3) is 0.150. The molecule has 0 bridgehead atoms. The van der Waals surface area contributed by atoms with Gasteiger partial charge in [0.15, 0.2) is 5.43 Å². The zero-order valence-corrected chi connectivity index (χ0v) is 14.3. The van der Waals surface area contributed by atoms with E-state index in [2.05, 4.69) is 0 Å². The molecule has 0 N–H and O–H groups in total. The van der Waals surface area contributed by atoms with Crippen molar-refractivity contribution in [1.82, 2.24) is 4.90 Å². The Bertz CT molecular complexity index is 1010. The summed E-state index contributed by atoms with van der Waals surface area (Å²) in [5, 5.41) is 0.369. The SMILES string of the molecule is CN(C)C(=O)[C@H](OC(=O)c1cc(=O)c2ccccc2o1)c1ccccc1. The lowest BCUT2D eigenvalue weighted by Crippen LogP contribution is -2.31. The Balaban J connectivity index is 1.95. The lowest BCUT2D eigenvalue weighted by Gasteiger charge is -2.21. The number of likely N-dealkylation sites (N-methyl/N-ethyl adjacent to an activating group) is 1. The Morgan fingerprint density at radius 2 is 1.65 bits per heavy atom. The van der Waals surface area contributed by atoms with Crippen LogP contribution < -0.4 is 5.43 Å². The normalized spacial score (nSPS) is 11.8. The van der Waals surface area contributed by atoms with Crippen LogP contribution in [-0.4, -0.2) is 30.9 Å². The number of esters is 1. The lowest BCUT2D eigenvalue weighted by atomic mass is 10.1. The second kappa shape index (κ2) is 7.23. The average Bonchev–Trinajstić information content (AvgIpc) is 2.66. The Hall–Kier alpha value is -3.41. The molecule has 3 rings (SSSR count). The molecule has 2 aromatic carbocycles. The van der Waals surface area contributed by atoms with E-state index in [1.165, 1.54) is 4.90 Å². The highest BCUT2D eigenvalue weighted by atomic mass is 16.6. The van der Waals surface area contributed by atoms with Crippen LogP contribution in [0.25, 0.3) is 11.0 Å². The molecule has 6 heteroatoms. The molecule has 1 heterocycles. The van der Waals surface area contributed by atoms with Crippen molar-refractivity contribution in [3.63, 3.8) is 0 Å². The minimum atomic E-state index is -1.13. The number of ether oxygens (including phenoxy) is 1. The Morgan fingerprint density at radius 3 is 2.35 bits per heavy atom. The molecule has 0 aliphatic carbocycles. The molecule has 26 heavy (non-hydrogen) atoms. The van der Waals surface area contributed by atoms with E-state index in [-0.39, 0.29) is 16.8 Å². The van der Waals surface area contributed by atoms with Gasteiger partial charge in [-0.25, -0.2) is 4.79 Å². The summed E-state index contributed by atoms with van der Waals surface area (Å²) >= 11 is 0. The van der Waals surface area contributed by atoms with Crippen LogP contribution in [0.3, 0.4) is 0 Å². The van der Waals surface area contributed by atoms with Crippen LogP contribution in [0.4, 0.5) is 0 Å². The molecule has 0 spiro atoms. The number of benzene rings is 2. The Morgan fingerprint density at radius 1 is 1.00 bits per heavy atom. The van der Waals surface area contributed by atoms with Crippen molar-refractivity contribution in [3.8, 4) is 0 Å². The summed E-state index contributed by atoms with van der Waals surface area (Å²) in [6.07, 6.45) is -1.13. The molecular formula is C20H17NO5. The predicted molar refractivity (Wildman–Crippen MR) is 95.8 cm³/mol. The van der Waals surface area contributed by atoms with Gasteiger partial charge < -0.3 is 14.1 Å². The molecule has 6 nitrogen and oxygen atoms in total. The number of para-hydroxylation sites is 1. The minimum Gasteiger partial charge on any atom is -0.449 e. The van der Waals surface area contributed by atoms with Crippen LogP contribution in [0.2, 0.25) is 0 Å². The molecule has 0 radical (unpaired) electrons. The van der Waals surface area contributed by atoms with Crippen LogP contribution in [-0.2, 0) is 9.53 Å². The van der Waals surface area contributed by atoms with Crippen molar-refractivity contribution >= 4 is 22.8 Å². The quantitative estimate of drug-likeness (QED) is 0.676. The molecule has 0 aliphatic heterocycles. The molecule has 1 aromatic heterocycles. The minimum absolute atomic E-state index is 0.249. The number of carbonyl (C=O) groups is 2. The molecule has 1 amide bonds. The molecule has 1 atom stereocenters. The van der Waals surface area contributed by atoms with Crippen LogP contribution in [0.15, 0.2) is 69.9 Å². The predicted octanol–water partition coefficient (Wildman–Crippen LogP) is 2.78. The molecule has 0 saturated heterocycles. The number of nitrogens with zero attached hydrogens (tertiary/aromatic N) is 1. The first-order chi connectivity index (χ1) is 12.5. The Labute approximate surface area is 149 Å². The number of hydrogen-bond donors (Lipinski definition) is 0. The summed E-state index contributed by atoms with van der Waals surface area (Å²) in [7, 11) is 3.14. The van der Waals surface area contributed by atoms with Crippen LogP contribution in [0.5, 0.6) is 0 Å². The first-order valence-corrected chi connectivity index (χ1v) is 7.97. The van der Waals surface area contributed by atoms with Gasteiger partial charge in [-0.3, -0.25) is 9.59 Å². The number of rotatable bonds is 4. The van der Waals surface area contributed by atoms with Gasteiger partial charge in [-0.2, -0.15) is 0 Å². The van der Waals surface area contributed by atoms with Crippen LogP contribution >= 0.6 is 0 Å². The van der Waals surface area contributed by atoms with Crippen molar-refractivity contribution in [2.75, 3.05) is 14.1 Å². The molecule has 3 aromatic rings. The first kappa shape index (κ1) is 17.4. The standard InChI is InChI=1S/C20H17NO5/c1-21(2)19(23)18(13-8-4-3-5-9-13)26-20(24)17-12-15(22)14-10-6-7-11-16(14)25-17/h3-12,18H,1-2H3/t18-/m1/s1. The van der Waals surface area contributed by atoms with Gasteiger partial charge in [-0.15, -0.1) is 0 Å². The van der Waals surface area contributed by atoms with Gasteiger partial charge in [0.1, 0.15) is 5.58 Å². The van der Waals surface area contributed by atoms with Gasteiger partial charge in [0, 0.05) is 25.7 Å². The summed E-state index contributed by atoms with van der Waals surface area (Å²) in [5.41, 5.74) is 0.457. The summed E-state index contributed by atoms with van der Waals surface area (Å²) in [6, 6.07) is 16.3. The van der Waals surface area contributed by atoms with E-state index in [0.717, 1.165) is 6.07 Å². The smallest absolute Gasteiger partial charge is 0.375 e.